The van der Waals surface area contributed by atoms with Gasteiger partial charge in [0, 0.05) is 7.05 Å². The maximum atomic E-state index is 13.3. The zero-order valence-corrected chi connectivity index (χ0v) is 8.21. The molecule has 2 aromatic rings. The molecule has 0 saturated heterocycles. The van der Waals surface area contributed by atoms with Crippen molar-refractivity contribution in [3.8, 4) is 0 Å². The van der Waals surface area contributed by atoms with Gasteiger partial charge in [0.1, 0.15) is 11.2 Å². The summed E-state index contributed by atoms with van der Waals surface area (Å²) < 4.78 is 27.4. The van der Waals surface area contributed by atoms with E-state index in [1.807, 2.05) is 0 Å². The fourth-order valence-electron chi connectivity index (χ4n) is 1.40. The topological polar surface area (TPSA) is 34.9 Å². The predicted molar refractivity (Wildman–Crippen MR) is 51.6 cm³/mol. The van der Waals surface area contributed by atoms with E-state index in [-0.39, 0.29) is 10.9 Å². The van der Waals surface area contributed by atoms with Crippen LogP contribution < -0.4 is 5.56 Å². The van der Waals surface area contributed by atoms with E-state index in [0.717, 1.165) is 6.07 Å². The third-order valence-electron chi connectivity index (χ3n) is 2.36. The van der Waals surface area contributed by atoms with Gasteiger partial charge in [-0.1, -0.05) is 0 Å². The molecule has 5 heteroatoms. The summed E-state index contributed by atoms with van der Waals surface area (Å²) in [5, 5.41) is -0.303. The Labute approximate surface area is 84.0 Å². The molecule has 2 rings (SSSR count). The van der Waals surface area contributed by atoms with Crippen LogP contribution in [0.15, 0.2) is 16.9 Å². The summed E-state index contributed by atoms with van der Waals surface area (Å²) in [5.74, 6) is -1.72. The van der Waals surface area contributed by atoms with Crippen molar-refractivity contribution in [2.24, 2.45) is 7.05 Å². The van der Waals surface area contributed by atoms with Crippen molar-refractivity contribution < 1.29 is 8.78 Å². The molecule has 0 spiro atoms. The second-order valence-corrected chi connectivity index (χ2v) is 3.28. The first-order valence-electron chi connectivity index (χ1n) is 4.33. The van der Waals surface area contributed by atoms with E-state index >= 15 is 0 Å². The van der Waals surface area contributed by atoms with Gasteiger partial charge < -0.3 is 0 Å². The van der Waals surface area contributed by atoms with Gasteiger partial charge in [0.05, 0.1) is 5.52 Å². The molecule has 0 aliphatic carbocycles. The Kier molecular flexibility index (Phi) is 2.03. The molecular weight excluding hydrogens is 202 g/mol. The molecule has 0 unspecified atom stereocenters. The molecule has 0 N–H and O–H groups in total. The molecule has 3 nitrogen and oxygen atoms in total. The number of hydrogen-bond acceptors (Lipinski definition) is 2. The summed E-state index contributed by atoms with van der Waals surface area (Å²) in [6.07, 6.45) is 0. The predicted octanol–water partition coefficient (Wildman–Crippen LogP) is 1.52. The number of fused-ring (bicyclic) bond motifs is 1. The van der Waals surface area contributed by atoms with Gasteiger partial charge in [-0.3, -0.25) is 9.36 Å². The standard InChI is InChI=1S/C10H8F2N2O/c1-5-13-7-4-3-6(11)9(12)8(7)10(15)14(5)2/h3-4H,1-2H3. The summed E-state index contributed by atoms with van der Waals surface area (Å²) in [7, 11) is 1.47. The average Bonchev–Trinajstić information content (AvgIpc) is 2.20. The molecule has 1 aromatic carbocycles. The highest BCUT2D eigenvalue weighted by atomic mass is 19.2. The SMILES string of the molecule is Cc1nc2ccc(F)c(F)c2c(=O)n1C. The second-order valence-electron chi connectivity index (χ2n) is 3.28. The highest BCUT2D eigenvalue weighted by Gasteiger charge is 2.13. The largest absolute Gasteiger partial charge is 0.299 e. The zero-order chi connectivity index (χ0) is 11.2. The van der Waals surface area contributed by atoms with Crippen molar-refractivity contribution in [3.63, 3.8) is 0 Å². The number of aryl methyl sites for hydroxylation is 1. The smallest absolute Gasteiger partial charge is 0.264 e. The van der Waals surface area contributed by atoms with E-state index in [2.05, 4.69) is 4.98 Å². The number of nitrogens with zero attached hydrogens (tertiary/aromatic N) is 2. The third-order valence-corrected chi connectivity index (χ3v) is 2.36. The van der Waals surface area contributed by atoms with Crippen LogP contribution >= 0.6 is 0 Å². The van der Waals surface area contributed by atoms with Crippen LogP contribution in [0.3, 0.4) is 0 Å². The van der Waals surface area contributed by atoms with Crippen LogP contribution in [-0.2, 0) is 7.05 Å². The Morgan fingerprint density at radius 2 is 2.00 bits per heavy atom. The van der Waals surface area contributed by atoms with Crippen LogP contribution in [0.25, 0.3) is 10.9 Å². The minimum absolute atomic E-state index is 0.175. The van der Waals surface area contributed by atoms with Crippen LogP contribution in [0.1, 0.15) is 5.82 Å². The quantitative estimate of drug-likeness (QED) is 0.660. The zero-order valence-electron chi connectivity index (χ0n) is 8.21. The monoisotopic (exact) mass is 210 g/mol. The van der Waals surface area contributed by atoms with Crippen LogP contribution in [0.4, 0.5) is 8.78 Å². The number of aromatic nitrogens is 2. The highest BCUT2D eigenvalue weighted by molar-refractivity contribution is 5.78. The summed E-state index contributed by atoms with van der Waals surface area (Å²) in [4.78, 5) is 15.6. The van der Waals surface area contributed by atoms with Gasteiger partial charge in [0.2, 0.25) is 0 Å². The van der Waals surface area contributed by atoms with Gasteiger partial charge in [0.25, 0.3) is 5.56 Å². The molecule has 15 heavy (non-hydrogen) atoms. The Bertz CT molecular complexity index is 604. The third kappa shape index (κ3) is 1.31. The average molecular weight is 210 g/mol. The van der Waals surface area contributed by atoms with Crippen molar-refractivity contribution in [1.29, 1.82) is 0 Å². The Hall–Kier alpha value is -1.78. The molecule has 0 radical (unpaired) electrons. The van der Waals surface area contributed by atoms with E-state index in [1.165, 1.54) is 17.7 Å². The minimum Gasteiger partial charge on any atom is -0.299 e. The first-order valence-corrected chi connectivity index (χ1v) is 4.33. The molecule has 0 saturated carbocycles. The summed E-state index contributed by atoms with van der Waals surface area (Å²) in [5.41, 5.74) is -0.399. The Balaban J connectivity index is 3.08. The van der Waals surface area contributed by atoms with Crippen LogP contribution in [0.5, 0.6) is 0 Å². The second kappa shape index (κ2) is 3.12. The molecule has 0 aliphatic rings. The van der Waals surface area contributed by atoms with Crippen molar-refractivity contribution >= 4 is 10.9 Å². The Morgan fingerprint density at radius 1 is 1.33 bits per heavy atom. The van der Waals surface area contributed by atoms with Crippen LogP contribution in [-0.4, -0.2) is 9.55 Å². The molecule has 0 fully saturated rings. The van der Waals surface area contributed by atoms with Crippen LogP contribution in [0.2, 0.25) is 0 Å². The number of hydrogen-bond donors (Lipinski definition) is 0. The summed E-state index contributed by atoms with van der Waals surface area (Å²) >= 11 is 0. The lowest BCUT2D eigenvalue weighted by Gasteiger charge is -2.05. The molecule has 0 amide bonds. The van der Waals surface area contributed by atoms with Crippen LogP contribution in [0, 0.1) is 18.6 Å². The van der Waals surface area contributed by atoms with Gasteiger partial charge in [0.15, 0.2) is 11.6 Å². The first-order chi connectivity index (χ1) is 7.02. The van der Waals surface area contributed by atoms with Gasteiger partial charge in [-0.05, 0) is 19.1 Å². The molecule has 78 valence electrons. The van der Waals surface area contributed by atoms with E-state index < -0.39 is 17.2 Å². The van der Waals surface area contributed by atoms with E-state index in [9.17, 15) is 13.6 Å². The maximum absolute atomic E-state index is 13.3. The fraction of sp³-hybridized carbons (Fsp3) is 0.200. The van der Waals surface area contributed by atoms with Crippen molar-refractivity contribution in [3.05, 3.63) is 39.9 Å². The molecule has 1 aromatic heterocycles. The molecular formula is C10H8F2N2O. The normalized spacial score (nSPS) is 10.9. The van der Waals surface area contributed by atoms with Gasteiger partial charge >= 0.3 is 0 Å². The number of benzene rings is 1. The lowest BCUT2D eigenvalue weighted by atomic mass is 10.2. The Morgan fingerprint density at radius 3 is 2.67 bits per heavy atom. The lowest BCUT2D eigenvalue weighted by Crippen LogP contribution is -2.21. The first kappa shape index (κ1) is 9.76. The van der Waals surface area contributed by atoms with Gasteiger partial charge in [-0.15, -0.1) is 0 Å². The van der Waals surface area contributed by atoms with Crippen molar-refractivity contribution in [1.82, 2.24) is 9.55 Å². The minimum atomic E-state index is -1.14. The maximum Gasteiger partial charge on any atom is 0.264 e. The number of rotatable bonds is 0. The lowest BCUT2D eigenvalue weighted by molar-refractivity contribution is 0.515. The molecule has 0 atom stereocenters. The van der Waals surface area contributed by atoms with E-state index in [1.54, 1.807) is 6.92 Å². The van der Waals surface area contributed by atoms with E-state index in [0.29, 0.717) is 5.82 Å². The van der Waals surface area contributed by atoms with Gasteiger partial charge in [-0.2, -0.15) is 0 Å². The molecule has 1 heterocycles. The van der Waals surface area contributed by atoms with Crippen molar-refractivity contribution in [2.75, 3.05) is 0 Å². The van der Waals surface area contributed by atoms with E-state index in [4.69, 9.17) is 0 Å². The summed E-state index contributed by atoms with van der Waals surface area (Å²) in [6, 6.07) is 2.26. The van der Waals surface area contributed by atoms with Gasteiger partial charge in [-0.25, -0.2) is 13.8 Å². The number of halogens is 2. The fourth-order valence-corrected chi connectivity index (χ4v) is 1.40. The van der Waals surface area contributed by atoms with Crippen molar-refractivity contribution in [2.45, 2.75) is 6.92 Å². The highest BCUT2D eigenvalue weighted by Crippen LogP contribution is 2.15. The summed E-state index contributed by atoms with van der Waals surface area (Å²) in [6.45, 7) is 1.63. The molecule has 0 bridgehead atoms. The molecule has 0 aliphatic heterocycles.